The van der Waals surface area contributed by atoms with Crippen molar-refractivity contribution in [3.05, 3.63) is 59.1 Å². The number of halogens is 1. The standard InChI is InChI=1S/C21H24ClN3O2S/c1-16-5-4-6-17(13-16)23-20(26)14-28-15-21(27)25-11-9-24(10-12-25)19-8-3-2-7-18(19)22/h2-8,13H,9-12,14-15H2,1H3,(H,23,26). The van der Waals surface area contributed by atoms with Crippen LogP contribution in [0.25, 0.3) is 0 Å². The van der Waals surface area contributed by atoms with Gasteiger partial charge >= 0.3 is 0 Å². The summed E-state index contributed by atoms with van der Waals surface area (Å²) in [6.07, 6.45) is 0. The van der Waals surface area contributed by atoms with Gasteiger partial charge in [-0.25, -0.2) is 0 Å². The third-order valence-corrected chi connectivity index (χ3v) is 5.82. The van der Waals surface area contributed by atoms with E-state index in [4.69, 9.17) is 11.6 Å². The lowest BCUT2D eigenvalue weighted by atomic mass is 10.2. The summed E-state index contributed by atoms with van der Waals surface area (Å²) >= 11 is 7.61. The first-order valence-corrected chi connectivity index (χ1v) is 10.8. The Kier molecular flexibility index (Phi) is 7.23. The predicted molar refractivity (Wildman–Crippen MR) is 117 cm³/mol. The third-order valence-electron chi connectivity index (χ3n) is 4.59. The fourth-order valence-corrected chi connectivity index (χ4v) is 4.12. The maximum absolute atomic E-state index is 12.4. The quantitative estimate of drug-likeness (QED) is 0.779. The van der Waals surface area contributed by atoms with Crippen molar-refractivity contribution in [2.24, 2.45) is 0 Å². The van der Waals surface area contributed by atoms with Crippen molar-refractivity contribution in [2.45, 2.75) is 6.92 Å². The number of carbonyl (C=O) groups is 2. The van der Waals surface area contributed by atoms with Crippen molar-refractivity contribution < 1.29 is 9.59 Å². The zero-order valence-corrected chi connectivity index (χ0v) is 17.4. The number of para-hydroxylation sites is 1. The van der Waals surface area contributed by atoms with Crippen LogP contribution in [0, 0.1) is 6.92 Å². The second-order valence-electron chi connectivity index (χ2n) is 6.73. The highest BCUT2D eigenvalue weighted by Crippen LogP contribution is 2.26. The molecule has 148 valence electrons. The number of amides is 2. The van der Waals surface area contributed by atoms with Crippen LogP contribution in [0.1, 0.15) is 5.56 Å². The highest BCUT2D eigenvalue weighted by molar-refractivity contribution is 8.00. The van der Waals surface area contributed by atoms with Crippen molar-refractivity contribution in [1.29, 1.82) is 0 Å². The van der Waals surface area contributed by atoms with E-state index in [-0.39, 0.29) is 17.6 Å². The van der Waals surface area contributed by atoms with Crippen LogP contribution in [0.2, 0.25) is 5.02 Å². The normalized spacial score (nSPS) is 14.1. The Labute approximate surface area is 175 Å². The average Bonchev–Trinajstić information content (AvgIpc) is 2.68. The average molecular weight is 418 g/mol. The fourth-order valence-electron chi connectivity index (χ4n) is 3.15. The van der Waals surface area contributed by atoms with Gasteiger partial charge in [0.05, 0.1) is 22.2 Å². The van der Waals surface area contributed by atoms with E-state index in [0.29, 0.717) is 18.8 Å². The lowest BCUT2D eigenvalue weighted by Crippen LogP contribution is -2.49. The molecule has 1 fully saturated rings. The summed E-state index contributed by atoms with van der Waals surface area (Å²) in [5.41, 5.74) is 2.89. The Bertz CT molecular complexity index is 838. The number of piperazine rings is 1. The zero-order valence-electron chi connectivity index (χ0n) is 15.9. The number of nitrogens with one attached hydrogen (secondary N) is 1. The van der Waals surface area contributed by atoms with E-state index < -0.39 is 0 Å². The smallest absolute Gasteiger partial charge is 0.234 e. The molecule has 1 saturated heterocycles. The number of carbonyl (C=O) groups excluding carboxylic acids is 2. The fraction of sp³-hybridized carbons (Fsp3) is 0.333. The maximum Gasteiger partial charge on any atom is 0.234 e. The van der Waals surface area contributed by atoms with Gasteiger partial charge in [-0.15, -0.1) is 11.8 Å². The molecular weight excluding hydrogens is 394 g/mol. The first-order chi connectivity index (χ1) is 13.5. The molecule has 28 heavy (non-hydrogen) atoms. The van der Waals surface area contributed by atoms with Crippen LogP contribution in [-0.4, -0.2) is 54.4 Å². The second kappa shape index (κ2) is 9.85. The van der Waals surface area contributed by atoms with Gasteiger partial charge in [-0.2, -0.15) is 0 Å². The van der Waals surface area contributed by atoms with Crippen LogP contribution in [0.5, 0.6) is 0 Å². The second-order valence-corrected chi connectivity index (χ2v) is 8.12. The van der Waals surface area contributed by atoms with Gasteiger partial charge in [-0.1, -0.05) is 35.9 Å². The molecular formula is C21H24ClN3O2S. The van der Waals surface area contributed by atoms with Crippen molar-refractivity contribution in [2.75, 3.05) is 47.9 Å². The summed E-state index contributed by atoms with van der Waals surface area (Å²) in [6.45, 7) is 4.83. The first-order valence-electron chi connectivity index (χ1n) is 9.24. The first kappa shape index (κ1) is 20.6. The Morgan fingerprint density at radius 3 is 2.50 bits per heavy atom. The van der Waals surface area contributed by atoms with Crippen LogP contribution in [0.4, 0.5) is 11.4 Å². The molecule has 1 N–H and O–H groups in total. The van der Waals surface area contributed by atoms with Gasteiger partial charge in [0.2, 0.25) is 11.8 Å². The highest BCUT2D eigenvalue weighted by atomic mass is 35.5. The summed E-state index contributed by atoms with van der Waals surface area (Å²) < 4.78 is 0. The van der Waals surface area contributed by atoms with Crippen molar-refractivity contribution >= 4 is 46.6 Å². The highest BCUT2D eigenvalue weighted by Gasteiger charge is 2.22. The van der Waals surface area contributed by atoms with Gasteiger partial charge in [0.15, 0.2) is 0 Å². The topological polar surface area (TPSA) is 52.7 Å². The molecule has 0 spiro atoms. The zero-order chi connectivity index (χ0) is 19.9. The molecule has 0 aliphatic carbocycles. The van der Waals surface area contributed by atoms with E-state index in [0.717, 1.165) is 35.1 Å². The summed E-state index contributed by atoms with van der Waals surface area (Å²) in [5.74, 6) is 0.561. The minimum absolute atomic E-state index is 0.0761. The Balaban J connectivity index is 1.39. The number of rotatable bonds is 6. The molecule has 2 amide bonds. The van der Waals surface area contributed by atoms with Gasteiger partial charge in [-0.05, 0) is 36.8 Å². The predicted octanol–water partition coefficient (Wildman–Crippen LogP) is 3.67. The van der Waals surface area contributed by atoms with E-state index in [2.05, 4.69) is 10.2 Å². The van der Waals surface area contributed by atoms with E-state index >= 15 is 0 Å². The van der Waals surface area contributed by atoms with Crippen molar-refractivity contribution in [1.82, 2.24) is 4.90 Å². The number of hydrogen-bond donors (Lipinski definition) is 1. The Hall–Kier alpha value is -2.18. The molecule has 0 aromatic heterocycles. The van der Waals surface area contributed by atoms with Gasteiger partial charge in [-0.3, -0.25) is 9.59 Å². The van der Waals surface area contributed by atoms with Crippen LogP contribution < -0.4 is 10.2 Å². The summed E-state index contributed by atoms with van der Waals surface area (Å²) in [4.78, 5) is 28.5. The summed E-state index contributed by atoms with van der Waals surface area (Å²) in [6, 6.07) is 15.4. The molecule has 3 rings (SSSR count). The summed E-state index contributed by atoms with van der Waals surface area (Å²) in [5, 5.41) is 3.60. The summed E-state index contributed by atoms with van der Waals surface area (Å²) in [7, 11) is 0. The molecule has 0 bridgehead atoms. The minimum atomic E-state index is -0.0908. The molecule has 0 unspecified atom stereocenters. The number of aryl methyl sites for hydroxylation is 1. The molecule has 1 heterocycles. The lowest BCUT2D eigenvalue weighted by molar-refractivity contribution is -0.128. The van der Waals surface area contributed by atoms with E-state index in [1.54, 1.807) is 0 Å². The lowest BCUT2D eigenvalue weighted by Gasteiger charge is -2.36. The van der Waals surface area contributed by atoms with Crippen LogP contribution in [0.15, 0.2) is 48.5 Å². The monoisotopic (exact) mass is 417 g/mol. The number of anilines is 2. The minimum Gasteiger partial charge on any atom is -0.367 e. The molecule has 7 heteroatoms. The Morgan fingerprint density at radius 2 is 1.79 bits per heavy atom. The van der Waals surface area contributed by atoms with Gasteiger partial charge < -0.3 is 15.1 Å². The molecule has 1 aliphatic rings. The van der Waals surface area contributed by atoms with Crippen LogP contribution in [0.3, 0.4) is 0 Å². The molecule has 1 aliphatic heterocycles. The number of thioether (sulfide) groups is 1. The SMILES string of the molecule is Cc1cccc(NC(=O)CSCC(=O)N2CCN(c3ccccc3Cl)CC2)c1. The largest absolute Gasteiger partial charge is 0.367 e. The third kappa shape index (κ3) is 5.66. The van der Waals surface area contributed by atoms with E-state index in [9.17, 15) is 9.59 Å². The van der Waals surface area contributed by atoms with Gasteiger partial charge in [0, 0.05) is 31.9 Å². The maximum atomic E-state index is 12.4. The molecule has 2 aromatic carbocycles. The van der Waals surface area contributed by atoms with Crippen molar-refractivity contribution in [3.8, 4) is 0 Å². The van der Waals surface area contributed by atoms with Crippen LogP contribution >= 0.6 is 23.4 Å². The molecule has 5 nitrogen and oxygen atoms in total. The van der Waals surface area contributed by atoms with E-state index in [1.165, 1.54) is 11.8 Å². The molecule has 2 aromatic rings. The Morgan fingerprint density at radius 1 is 1.04 bits per heavy atom. The van der Waals surface area contributed by atoms with Gasteiger partial charge in [0.25, 0.3) is 0 Å². The molecule has 0 atom stereocenters. The molecule has 0 radical (unpaired) electrons. The van der Waals surface area contributed by atoms with Crippen LogP contribution in [-0.2, 0) is 9.59 Å². The molecule has 0 saturated carbocycles. The number of benzene rings is 2. The van der Waals surface area contributed by atoms with E-state index in [1.807, 2.05) is 60.4 Å². The number of nitrogens with zero attached hydrogens (tertiary/aromatic N) is 2. The number of hydrogen-bond acceptors (Lipinski definition) is 4. The van der Waals surface area contributed by atoms with Crippen molar-refractivity contribution in [3.63, 3.8) is 0 Å². The van der Waals surface area contributed by atoms with Gasteiger partial charge in [0.1, 0.15) is 0 Å².